The van der Waals surface area contributed by atoms with E-state index in [2.05, 4.69) is 37.8 Å². The van der Waals surface area contributed by atoms with Gasteiger partial charge in [0.25, 0.3) is 0 Å². The van der Waals surface area contributed by atoms with Gasteiger partial charge in [-0.3, -0.25) is 9.89 Å². The molecule has 1 aliphatic rings. The van der Waals surface area contributed by atoms with E-state index in [1.165, 1.54) is 32.2 Å². The Balaban J connectivity index is 1.72. The van der Waals surface area contributed by atoms with Gasteiger partial charge in [0.2, 0.25) is 0 Å². The van der Waals surface area contributed by atoms with Crippen LogP contribution in [0.5, 0.6) is 0 Å². The second-order valence-corrected chi connectivity index (χ2v) is 7.30. The van der Waals surface area contributed by atoms with Crippen molar-refractivity contribution in [2.45, 2.75) is 45.2 Å². The lowest BCUT2D eigenvalue weighted by Gasteiger charge is -2.35. The summed E-state index contributed by atoms with van der Waals surface area (Å²) >= 11 is 1.66. The number of piperidine rings is 1. The molecule has 136 valence electrons. The molecule has 7 heteroatoms. The van der Waals surface area contributed by atoms with Crippen LogP contribution in [0.25, 0.3) is 0 Å². The van der Waals surface area contributed by atoms with Crippen molar-refractivity contribution in [3.63, 3.8) is 0 Å². The smallest absolute Gasteiger partial charge is 0.191 e. The van der Waals surface area contributed by atoms with E-state index in [1.54, 1.807) is 11.3 Å². The van der Waals surface area contributed by atoms with Crippen molar-refractivity contribution in [1.29, 1.82) is 0 Å². The van der Waals surface area contributed by atoms with Crippen molar-refractivity contribution in [1.82, 2.24) is 20.5 Å². The normalized spacial score (nSPS) is 19.3. The highest BCUT2D eigenvalue weighted by Crippen LogP contribution is 2.19. The fraction of sp³-hybridized carbons (Fsp3) is 0.765. The van der Waals surface area contributed by atoms with Crippen LogP contribution in [0.2, 0.25) is 0 Å². The zero-order valence-electron chi connectivity index (χ0n) is 15.5. The second kappa shape index (κ2) is 9.84. The van der Waals surface area contributed by atoms with Gasteiger partial charge in [-0.2, -0.15) is 0 Å². The van der Waals surface area contributed by atoms with E-state index in [9.17, 15) is 0 Å². The molecule has 0 spiro atoms. The van der Waals surface area contributed by atoms with Crippen LogP contribution in [0.4, 0.5) is 5.13 Å². The Morgan fingerprint density at radius 1 is 1.42 bits per heavy atom. The zero-order valence-corrected chi connectivity index (χ0v) is 16.3. The molecular formula is C17H32N6S. The quantitative estimate of drug-likeness (QED) is 0.582. The van der Waals surface area contributed by atoms with Gasteiger partial charge in [0.1, 0.15) is 0 Å². The summed E-state index contributed by atoms with van der Waals surface area (Å²) in [5.41, 5.74) is 1.05. The molecule has 2 heterocycles. The van der Waals surface area contributed by atoms with E-state index in [-0.39, 0.29) is 0 Å². The minimum absolute atomic E-state index is 0.700. The highest BCUT2D eigenvalue weighted by molar-refractivity contribution is 7.13. The standard InChI is InChI=1S/C17H32N6S/c1-5-15-8-6-7-10-23(15)11-9-19-16(18-2)20-12-14-13-24-17(21-14)22(3)4/h13,15H,5-12H2,1-4H3,(H2,18,19,20). The van der Waals surface area contributed by atoms with Crippen molar-refractivity contribution in [2.75, 3.05) is 45.7 Å². The molecule has 1 aromatic heterocycles. The number of likely N-dealkylation sites (tertiary alicyclic amines) is 1. The maximum absolute atomic E-state index is 4.58. The number of thiazole rings is 1. The van der Waals surface area contributed by atoms with E-state index >= 15 is 0 Å². The fourth-order valence-electron chi connectivity index (χ4n) is 3.11. The molecule has 2 rings (SSSR count). The summed E-state index contributed by atoms with van der Waals surface area (Å²) in [5, 5.41) is 9.90. The number of hydrogen-bond donors (Lipinski definition) is 2. The highest BCUT2D eigenvalue weighted by Gasteiger charge is 2.19. The molecule has 1 aromatic rings. The first-order valence-corrected chi connectivity index (χ1v) is 9.82. The van der Waals surface area contributed by atoms with Crippen molar-refractivity contribution in [2.24, 2.45) is 4.99 Å². The summed E-state index contributed by atoms with van der Waals surface area (Å²) in [6, 6.07) is 0.759. The van der Waals surface area contributed by atoms with E-state index in [0.29, 0.717) is 6.54 Å². The van der Waals surface area contributed by atoms with Gasteiger partial charge in [-0.05, 0) is 25.8 Å². The van der Waals surface area contributed by atoms with E-state index in [1.807, 2.05) is 26.0 Å². The average molecular weight is 353 g/mol. The Bertz CT molecular complexity index is 513. The Hall–Kier alpha value is -1.34. The Morgan fingerprint density at radius 2 is 2.25 bits per heavy atom. The predicted octanol–water partition coefficient (Wildman–Crippen LogP) is 2.14. The van der Waals surface area contributed by atoms with Crippen LogP contribution in [0.3, 0.4) is 0 Å². The predicted molar refractivity (Wildman–Crippen MR) is 104 cm³/mol. The summed E-state index contributed by atoms with van der Waals surface area (Å²) in [7, 11) is 5.85. The molecule has 0 radical (unpaired) electrons. The topological polar surface area (TPSA) is 55.8 Å². The molecule has 24 heavy (non-hydrogen) atoms. The van der Waals surface area contributed by atoms with E-state index in [0.717, 1.165) is 35.9 Å². The molecule has 0 aliphatic carbocycles. The Labute approximate surface area is 150 Å². The van der Waals surface area contributed by atoms with Crippen LogP contribution in [0.1, 0.15) is 38.3 Å². The highest BCUT2D eigenvalue weighted by atomic mass is 32.1. The van der Waals surface area contributed by atoms with Crippen molar-refractivity contribution < 1.29 is 0 Å². The van der Waals surface area contributed by atoms with E-state index in [4.69, 9.17) is 0 Å². The SMILES string of the molecule is CCC1CCCCN1CCNC(=NC)NCc1csc(N(C)C)n1. The second-order valence-electron chi connectivity index (χ2n) is 6.46. The molecule has 1 saturated heterocycles. The minimum atomic E-state index is 0.700. The zero-order chi connectivity index (χ0) is 17.4. The van der Waals surface area contributed by atoms with Crippen molar-refractivity contribution in [3.8, 4) is 0 Å². The van der Waals surface area contributed by atoms with Gasteiger partial charge in [-0.1, -0.05) is 13.3 Å². The lowest BCUT2D eigenvalue weighted by Crippen LogP contribution is -2.45. The molecule has 1 atom stereocenters. The molecular weight excluding hydrogens is 320 g/mol. The summed E-state index contributed by atoms with van der Waals surface area (Å²) in [4.78, 5) is 13.5. The van der Waals surface area contributed by atoms with Gasteiger partial charge in [0, 0.05) is 45.7 Å². The first-order valence-electron chi connectivity index (χ1n) is 8.94. The van der Waals surface area contributed by atoms with E-state index < -0.39 is 0 Å². The van der Waals surface area contributed by atoms with Gasteiger partial charge >= 0.3 is 0 Å². The third-order valence-electron chi connectivity index (χ3n) is 4.49. The van der Waals surface area contributed by atoms with Gasteiger partial charge in [0.15, 0.2) is 11.1 Å². The Morgan fingerprint density at radius 3 is 2.92 bits per heavy atom. The molecule has 1 fully saturated rings. The summed E-state index contributed by atoms with van der Waals surface area (Å²) in [6.45, 7) is 6.24. The number of rotatable bonds is 7. The van der Waals surface area contributed by atoms with Crippen LogP contribution in [-0.4, -0.2) is 62.7 Å². The van der Waals surface area contributed by atoms with Gasteiger partial charge in [-0.15, -0.1) is 11.3 Å². The molecule has 0 aromatic carbocycles. The first kappa shape index (κ1) is 19.0. The lowest BCUT2D eigenvalue weighted by atomic mass is 10.0. The number of hydrogen-bond acceptors (Lipinski definition) is 5. The molecule has 0 amide bonds. The third kappa shape index (κ3) is 5.63. The first-order chi connectivity index (χ1) is 11.6. The molecule has 1 aliphatic heterocycles. The number of aromatic nitrogens is 1. The number of guanidine groups is 1. The maximum atomic E-state index is 4.58. The van der Waals surface area contributed by atoms with Crippen LogP contribution in [0.15, 0.2) is 10.4 Å². The molecule has 1 unspecified atom stereocenters. The van der Waals surface area contributed by atoms with Crippen molar-refractivity contribution in [3.05, 3.63) is 11.1 Å². The summed E-state index contributed by atoms with van der Waals surface area (Å²) < 4.78 is 0. The number of nitrogens with zero attached hydrogens (tertiary/aromatic N) is 4. The monoisotopic (exact) mass is 352 g/mol. The largest absolute Gasteiger partial charge is 0.355 e. The maximum Gasteiger partial charge on any atom is 0.191 e. The average Bonchev–Trinajstić information content (AvgIpc) is 3.07. The fourth-order valence-corrected chi connectivity index (χ4v) is 3.87. The van der Waals surface area contributed by atoms with Gasteiger partial charge in [-0.25, -0.2) is 4.98 Å². The van der Waals surface area contributed by atoms with Crippen LogP contribution in [-0.2, 0) is 6.54 Å². The number of aliphatic imine (C=N–C) groups is 1. The van der Waals surface area contributed by atoms with Crippen LogP contribution in [0, 0.1) is 0 Å². The number of nitrogens with one attached hydrogen (secondary N) is 2. The molecule has 0 bridgehead atoms. The molecule has 2 N–H and O–H groups in total. The minimum Gasteiger partial charge on any atom is -0.355 e. The van der Waals surface area contributed by atoms with Crippen molar-refractivity contribution >= 4 is 22.4 Å². The lowest BCUT2D eigenvalue weighted by molar-refractivity contribution is 0.147. The van der Waals surface area contributed by atoms with Crippen LogP contribution >= 0.6 is 11.3 Å². The summed E-state index contributed by atoms with van der Waals surface area (Å²) in [6.07, 6.45) is 5.32. The summed E-state index contributed by atoms with van der Waals surface area (Å²) in [5.74, 6) is 0.847. The molecule has 0 saturated carbocycles. The third-order valence-corrected chi connectivity index (χ3v) is 5.55. The van der Waals surface area contributed by atoms with Gasteiger partial charge < -0.3 is 15.5 Å². The number of anilines is 1. The van der Waals surface area contributed by atoms with Crippen LogP contribution < -0.4 is 15.5 Å². The molecule has 6 nitrogen and oxygen atoms in total. The van der Waals surface area contributed by atoms with Gasteiger partial charge in [0.05, 0.1) is 12.2 Å². The Kier molecular flexibility index (Phi) is 7.78.